The summed E-state index contributed by atoms with van der Waals surface area (Å²) in [6.45, 7) is 2.16. The van der Waals surface area contributed by atoms with Crippen LogP contribution in [0.15, 0.2) is 24.4 Å². The first-order chi connectivity index (χ1) is 5.42. The number of aryl methyl sites for hydroxylation is 1. The predicted molar refractivity (Wildman–Crippen MR) is 46.5 cm³/mol. The molecule has 2 rings (SSSR count). The first kappa shape index (κ1) is 9.95. The number of aromatic nitrogens is 1. The standard InChI is InChI=1S/C10H10N.Y/c1-2-8-7-11-10-6-4-3-5-9(8)10;/h4-7,11H,2H2,1H3;/q-1;. The van der Waals surface area contributed by atoms with E-state index < -0.39 is 0 Å². The Labute approximate surface area is 97.4 Å². The van der Waals surface area contributed by atoms with Gasteiger partial charge >= 0.3 is 0 Å². The Bertz CT molecular complexity index is 365. The van der Waals surface area contributed by atoms with Crippen molar-refractivity contribution in [3.63, 3.8) is 0 Å². The minimum atomic E-state index is 0. The van der Waals surface area contributed by atoms with Crippen LogP contribution in [-0.4, -0.2) is 4.98 Å². The van der Waals surface area contributed by atoms with Gasteiger partial charge in [-0.05, 0) is 12.6 Å². The van der Waals surface area contributed by atoms with Crippen LogP contribution in [0.1, 0.15) is 12.5 Å². The number of fused-ring (bicyclic) bond motifs is 1. The molecule has 1 aromatic heterocycles. The van der Waals surface area contributed by atoms with Gasteiger partial charge in [-0.1, -0.05) is 18.0 Å². The topological polar surface area (TPSA) is 15.8 Å². The average Bonchev–Trinajstić information content (AvgIpc) is 2.47. The number of hydrogen-bond donors (Lipinski definition) is 1. The van der Waals surface area contributed by atoms with E-state index in [0.717, 1.165) is 6.42 Å². The van der Waals surface area contributed by atoms with Gasteiger partial charge in [-0.2, -0.15) is 18.2 Å². The van der Waals surface area contributed by atoms with Crippen molar-refractivity contribution in [2.24, 2.45) is 0 Å². The summed E-state index contributed by atoms with van der Waals surface area (Å²) in [4.78, 5) is 3.22. The Kier molecular flexibility index (Phi) is 3.48. The van der Waals surface area contributed by atoms with E-state index in [9.17, 15) is 0 Å². The van der Waals surface area contributed by atoms with Crippen molar-refractivity contribution >= 4 is 10.9 Å². The molecular formula is C10H10NY-. The zero-order valence-corrected chi connectivity index (χ0v) is 9.93. The van der Waals surface area contributed by atoms with Crippen molar-refractivity contribution in [2.75, 3.05) is 0 Å². The molecule has 0 saturated carbocycles. The largest absolute Gasteiger partial charge is 0.384 e. The monoisotopic (exact) mass is 233 g/mol. The molecule has 0 amide bonds. The first-order valence-corrected chi connectivity index (χ1v) is 3.88. The smallest absolute Gasteiger partial charge is 0 e. The van der Waals surface area contributed by atoms with Crippen molar-refractivity contribution in [1.29, 1.82) is 0 Å². The molecule has 59 valence electrons. The number of benzene rings is 1. The third-order valence-corrected chi connectivity index (χ3v) is 1.99. The molecule has 1 radical (unpaired) electrons. The van der Waals surface area contributed by atoms with Crippen LogP contribution in [0.2, 0.25) is 0 Å². The van der Waals surface area contributed by atoms with Crippen molar-refractivity contribution in [2.45, 2.75) is 13.3 Å². The fourth-order valence-corrected chi connectivity index (χ4v) is 1.36. The molecule has 1 nitrogen and oxygen atoms in total. The fourth-order valence-electron chi connectivity index (χ4n) is 1.36. The zero-order valence-electron chi connectivity index (χ0n) is 7.09. The van der Waals surface area contributed by atoms with Gasteiger partial charge in [0, 0.05) is 32.7 Å². The van der Waals surface area contributed by atoms with Gasteiger partial charge in [-0.15, -0.1) is 11.5 Å². The van der Waals surface area contributed by atoms with Crippen LogP contribution >= 0.6 is 0 Å². The number of hydrogen-bond acceptors (Lipinski definition) is 0. The predicted octanol–water partition coefficient (Wildman–Crippen LogP) is 2.53. The van der Waals surface area contributed by atoms with Crippen molar-refractivity contribution < 1.29 is 32.7 Å². The molecule has 1 heterocycles. The molecule has 0 aliphatic carbocycles. The fraction of sp³-hybridized carbons (Fsp3) is 0.200. The molecule has 0 bridgehead atoms. The quantitative estimate of drug-likeness (QED) is 0.728. The van der Waals surface area contributed by atoms with E-state index in [2.05, 4.69) is 30.2 Å². The minimum Gasteiger partial charge on any atom is -0.384 e. The SMILES string of the molecule is CCc1c[nH]c2cc[c-]cc12.[Y]. The molecule has 0 fully saturated rings. The van der Waals surface area contributed by atoms with Gasteiger partial charge in [0.15, 0.2) is 0 Å². The molecule has 12 heavy (non-hydrogen) atoms. The van der Waals surface area contributed by atoms with E-state index in [1.165, 1.54) is 16.5 Å². The number of aromatic amines is 1. The Balaban J connectivity index is 0.000000720. The van der Waals surface area contributed by atoms with Crippen molar-refractivity contribution in [1.82, 2.24) is 4.98 Å². The molecule has 2 aromatic rings. The molecular weight excluding hydrogens is 223 g/mol. The molecule has 2 heteroatoms. The molecule has 1 N–H and O–H groups in total. The van der Waals surface area contributed by atoms with E-state index in [-0.39, 0.29) is 32.7 Å². The molecule has 1 aromatic carbocycles. The second-order valence-electron chi connectivity index (χ2n) is 2.64. The number of nitrogens with one attached hydrogen (secondary N) is 1. The summed E-state index contributed by atoms with van der Waals surface area (Å²) in [5.74, 6) is 0. The van der Waals surface area contributed by atoms with E-state index in [1.807, 2.05) is 12.1 Å². The van der Waals surface area contributed by atoms with Crippen LogP contribution in [0.25, 0.3) is 10.9 Å². The first-order valence-electron chi connectivity index (χ1n) is 3.88. The Morgan fingerprint density at radius 1 is 1.50 bits per heavy atom. The normalized spacial score (nSPS) is 9.75. The third-order valence-electron chi connectivity index (χ3n) is 1.99. The van der Waals surface area contributed by atoms with Crippen LogP contribution in [0.4, 0.5) is 0 Å². The maximum Gasteiger partial charge on any atom is 0 e. The van der Waals surface area contributed by atoms with Crippen LogP contribution in [0, 0.1) is 6.07 Å². The Morgan fingerprint density at radius 3 is 3.08 bits per heavy atom. The minimum absolute atomic E-state index is 0. The van der Waals surface area contributed by atoms with Crippen molar-refractivity contribution in [3.8, 4) is 0 Å². The summed E-state index contributed by atoms with van der Waals surface area (Å²) in [6, 6.07) is 9.09. The van der Waals surface area contributed by atoms with Gasteiger partial charge in [-0.3, -0.25) is 0 Å². The molecule has 0 spiro atoms. The Morgan fingerprint density at radius 2 is 2.33 bits per heavy atom. The number of H-pyrrole nitrogens is 1. The second-order valence-corrected chi connectivity index (χ2v) is 2.64. The maximum atomic E-state index is 3.22. The van der Waals surface area contributed by atoms with E-state index in [1.54, 1.807) is 0 Å². The summed E-state index contributed by atoms with van der Waals surface area (Å²) in [7, 11) is 0. The van der Waals surface area contributed by atoms with E-state index in [4.69, 9.17) is 0 Å². The molecule has 0 unspecified atom stereocenters. The van der Waals surface area contributed by atoms with Gasteiger partial charge in [0.25, 0.3) is 0 Å². The van der Waals surface area contributed by atoms with Gasteiger partial charge in [0.05, 0.1) is 0 Å². The van der Waals surface area contributed by atoms with E-state index in [0.29, 0.717) is 0 Å². The van der Waals surface area contributed by atoms with Gasteiger partial charge < -0.3 is 4.98 Å². The van der Waals surface area contributed by atoms with Gasteiger partial charge in [0.2, 0.25) is 0 Å². The van der Waals surface area contributed by atoms with Crippen LogP contribution in [-0.2, 0) is 39.1 Å². The summed E-state index contributed by atoms with van der Waals surface area (Å²) >= 11 is 0. The molecule has 0 atom stereocenters. The van der Waals surface area contributed by atoms with E-state index >= 15 is 0 Å². The van der Waals surface area contributed by atoms with Crippen LogP contribution in [0.5, 0.6) is 0 Å². The summed E-state index contributed by atoms with van der Waals surface area (Å²) < 4.78 is 0. The van der Waals surface area contributed by atoms with Crippen LogP contribution < -0.4 is 0 Å². The molecule has 0 aliphatic rings. The Hall–Kier alpha value is -0.136. The molecule has 0 saturated heterocycles. The average molecular weight is 233 g/mol. The zero-order chi connectivity index (χ0) is 7.68. The number of rotatable bonds is 1. The maximum absolute atomic E-state index is 3.22. The molecule has 0 aliphatic heterocycles. The second kappa shape index (κ2) is 4.20. The summed E-state index contributed by atoms with van der Waals surface area (Å²) in [5, 5.41) is 1.30. The summed E-state index contributed by atoms with van der Waals surface area (Å²) in [6.07, 6.45) is 3.15. The van der Waals surface area contributed by atoms with Gasteiger partial charge in [-0.25, -0.2) is 0 Å². The third kappa shape index (κ3) is 1.62. The van der Waals surface area contributed by atoms with Crippen LogP contribution in [0.3, 0.4) is 0 Å². The summed E-state index contributed by atoms with van der Waals surface area (Å²) in [5.41, 5.74) is 2.58. The van der Waals surface area contributed by atoms with Gasteiger partial charge in [0.1, 0.15) is 0 Å². The van der Waals surface area contributed by atoms with Crippen molar-refractivity contribution in [3.05, 3.63) is 36.0 Å².